The largest absolute Gasteiger partial charge is 0.453 e. The van der Waals surface area contributed by atoms with Crippen molar-refractivity contribution >= 4 is 45.0 Å². The summed E-state index contributed by atoms with van der Waals surface area (Å²) in [4.78, 5) is 18.9. The first-order valence-electron chi connectivity index (χ1n) is 8.31. The number of nitriles is 1. The fourth-order valence-corrected chi connectivity index (χ4v) is 3.40. The normalized spacial score (nSPS) is 10.5. The number of hydrogen-bond acceptors (Lipinski definition) is 5. The quantitative estimate of drug-likeness (QED) is 0.442. The number of nitrogens with zero attached hydrogens (tertiary/aromatic N) is 2. The molecule has 0 aliphatic heterocycles. The Morgan fingerprint density at radius 1 is 1.37 bits per heavy atom. The van der Waals surface area contributed by atoms with E-state index in [0.29, 0.717) is 4.60 Å². The number of amides is 1. The predicted octanol–water partition coefficient (Wildman–Crippen LogP) is 4.70. The molecule has 0 fully saturated rings. The highest BCUT2D eigenvalue weighted by Gasteiger charge is 2.19. The van der Waals surface area contributed by atoms with E-state index in [-0.39, 0.29) is 57.3 Å². The van der Waals surface area contributed by atoms with Crippen molar-refractivity contribution in [2.75, 3.05) is 0 Å². The molecular weight excluding hydrogens is 502 g/mol. The van der Waals surface area contributed by atoms with Gasteiger partial charge in [0.1, 0.15) is 22.8 Å². The molecule has 1 amide bonds. The Hall–Kier alpha value is -2.64. The second kappa shape index (κ2) is 9.45. The van der Waals surface area contributed by atoms with Gasteiger partial charge in [0, 0.05) is 17.1 Å². The lowest BCUT2D eigenvalue weighted by molar-refractivity contribution is 0.0945. The van der Waals surface area contributed by atoms with Gasteiger partial charge in [-0.25, -0.2) is 9.37 Å². The number of halogens is 4. The first-order valence-corrected chi connectivity index (χ1v) is 9.86. The second-order valence-electron chi connectivity index (χ2n) is 5.93. The average Bonchev–Trinajstić information content (AvgIpc) is 3.10. The van der Waals surface area contributed by atoms with Gasteiger partial charge in [0.05, 0.1) is 16.7 Å². The number of aromatic amines is 1. The van der Waals surface area contributed by atoms with Crippen LogP contribution in [0.25, 0.3) is 0 Å². The van der Waals surface area contributed by atoms with Crippen molar-refractivity contribution in [3.63, 3.8) is 0 Å². The van der Waals surface area contributed by atoms with Crippen molar-refractivity contribution in [2.45, 2.75) is 13.2 Å². The molecule has 154 valence electrons. The molecule has 0 radical (unpaired) electrons. The number of imidazole rings is 1. The third-order valence-corrected chi connectivity index (χ3v) is 4.95. The zero-order chi connectivity index (χ0) is 21.8. The number of hydrogen-bond donors (Lipinski definition) is 3. The highest BCUT2D eigenvalue weighted by Crippen LogP contribution is 2.35. The van der Waals surface area contributed by atoms with Crippen LogP contribution in [0.2, 0.25) is 10.0 Å². The van der Waals surface area contributed by atoms with Crippen LogP contribution in [0.3, 0.4) is 0 Å². The molecule has 3 aromatic rings. The van der Waals surface area contributed by atoms with E-state index in [2.05, 4.69) is 31.2 Å². The first-order chi connectivity index (χ1) is 14.3. The molecule has 0 saturated carbocycles. The van der Waals surface area contributed by atoms with Crippen molar-refractivity contribution < 1.29 is 19.0 Å². The highest BCUT2D eigenvalue weighted by molar-refractivity contribution is 9.10. The van der Waals surface area contributed by atoms with Gasteiger partial charge in [-0.05, 0) is 40.2 Å². The number of ether oxygens (including phenoxy) is 1. The maximum atomic E-state index is 15.0. The first kappa shape index (κ1) is 22.1. The number of aromatic nitrogens is 2. The fraction of sp³-hybridized carbons (Fsp3) is 0.105. The number of benzene rings is 2. The lowest BCUT2D eigenvalue weighted by Crippen LogP contribution is -2.24. The molecule has 2 aromatic carbocycles. The minimum absolute atomic E-state index is 0.00342. The Morgan fingerprint density at radius 3 is 2.80 bits per heavy atom. The molecule has 3 N–H and O–H groups in total. The van der Waals surface area contributed by atoms with Gasteiger partial charge < -0.3 is 20.1 Å². The maximum absolute atomic E-state index is 15.0. The van der Waals surface area contributed by atoms with Crippen LogP contribution >= 0.6 is 39.1 Å². The van der Waals surface area contributed by atoms with Crippen LogP contribution in [-0.4, -0.2) is 21.0 Å². The third-order valence-electron chi connectivity index (χ3n) is 3.86. The van der Waals surface area contributed by atoms with E-state index in [1.165, 1.54) is 30.3 Å². The smallest absolute Gasteiger partial charge is 0.272 e. The Balaban J connectivity index is 1.81. The Labute approximate surface area is 188 Å². The van der Waals surface area contributed by atoms with Crippen molar-refractivity contribution in [1.82, 2.24) is 15.3 Å². The van der Waals surface area contributed by atoms with Crippen LogP contribution in [0, 0.1) is 17.1 Å². The summed E-state index contributed by atoms with van der Waals surface area (Å²) in [6.07, 6.45) is 0. The molecular formula is C19H12BrCl2FN4O3. The summed E-state index contributed by atoms with van der Waals surface area (Å²) in [6, 6.07) is 9.00. The van der Waals surface area contributed by atoms with Crippen LogP contribution in [0.15, 0.2) is 34.9 Å². The number of aliphatic hydroxyl groups is 1. The van der Waals surface area contributed by atoms with Gasteiger partial charge >= 0.3 is 0 Å². The zero-order valence-corrected chi connectivity index (χ0v) is 18.1. The van der Waals surface area contributed by atoms with Crippen molar-refractivity contribution in [3.8, 4) is 17.6 Å². The maximum Gasteiger partial charge on any atom is 0.272 e. The van der Waals surface area contributed by atoms with Gasteiger partial charge in [-0.3, -0.25) is 4.79 Å². The molecule has 1 aromatic heterocycles. The molecule has 1 heterocycles. The molecule has 0 aliphatic carbocycles. The number of aliphatic hydroxyl groups excluding tert-OH is 1. The molecule has 0 bridgehead atoms. The fourth-order valence-electron chi connectivity index (χ4n) is 2.49. The summed E-state index contributed by atoms with van der Waals surface area (Å²) in [7, 11) is 0. The Bertz CT molecular complexity index is 1160. The second-order valence-corrected chi connectivity index (χ2v) is 7.56. The molecule has 11 heteroatoms. The van der Waals surface area contributed by atoms with Gasteiger partial charge in [-0.15, -0.1) is 0 Å². The number of carbonyl (C=O) groups excluding carboxylic acids is 1. The number of H-pyrrole nitrogens is 1. The van der Waals surface area contributed by atoms with Crippen molar-refractivity contribution in [2.24, 2.45) is 0 Å². The molecule has 7 nitrogen and oxygen atoms in total. The zero-order valence-electron chi connectivity index (χ0n) is 15.0. The van der Waals surface area contributed by atoms with Crippen LogP contribution < -0.4 is 10.1 Å². The Morgan fingerprint density at radius 2 is 2.13 bits per heavy atom. The summed E-state index contributed by atoms with van der Waals surface area (Å²) >= 11 is 15.1. The third kappa shape index (κ3) is 4.91. The SMILES string of the molecule is N#Cc1cc(Cl)cc(Oc2c(Cl)ccc(CNC(=O)c3nc(CO)[nH]c3Br)c2F)c1. The monoisotopic (exact) mass is 512 g/mol. The van der Waals surface area contributed by atoms with Gasteiger partial charge in [0.2, 0.25) is 0 Å². The summed E-state index contributed by atoms with van der Waals surface area (Å²) in [5.74, 6) is -1.28. The molecule has 3 rings (SSSR count). The lowest BCUT2D eigenvalue weighted by atomic mass is 10.2. The van der Waals surface area contributed by atoms with E-state index in [1.54, 1.807) is 0 Å². The van der Waals surface area contributed by atoms with Crippen LogP contribution in [0.4, 0.5) is 4.39 Å². The van der Waals surface area contributed by atoms with Crippen LogP contribution in [-0.2, 0) is 13.2 Å². The van der Waals surface area contributed by atoms with Gasteiger partial charge in [-0.1, -0.05) is 29.3 Å². The molecule has 0 aliphatic rings. The van der Waals surface area contributed by atoms with E-state index in [4.69, 9.17) is 38.3 Å². The molecule has 0 atom stereocenters. The van der Waals surface area contributed by atoms with Gasteiger partial charge in [0.25, 0.3) is 5.91 Å². The van der Waals surface area contributed by atoms with Crippen LogP contribution in [0.1, 0.15) is 27.4 Å². The van der Waals surface area contributed by atoms with Gasteiger partial charge in [0.15, 0.2) is 17.3 Å². The van der Waals surface area contributed by atoms with Gasteiger partial charge in [-0.2, -0.15) is 5.26 Å². The summed E-state index contributed by atoms with van der Waals surface area (Å²) in [6.45, 7) is -0.541. The minimum Gasteiger partial charge on any atom is -0.453 e. The van der Waals surface area contributed by atoms with E-state index in [1.807, 2.05) is 6.07 Å². The summed E-state index contributed by atoms with van der Waals surface area (Å²) in [5, 5.41) is 20.9. The van der Waals surface area contributed by atoms with E-state index < -0.39 is 11.7 Å². The van der Waals surface area contributed by atoms with Crippen molar-refractivity contribution in [3.05, 3.63) is 73.4 Å². The number of rotatable bonds is 6. The Kier molecular flexibility index (Phi) is 6.95. The molecule has 0 spiro atoms. The number of nitrogens with one attached hydrogen (secondary N) is 2. The summed E-state index contributed by atoms with van der Waals surface area (Å²) < 4.78 is 20.8. The molecule has 0 unspecified atom stereocenters. The standard InChI is InChI=1S/C19H12BrCl2FN4O3/c20-18-16(26-14(8-28)27-18)19(29)25-7-10-1-2-13(22)17(15(10)23)30-12-4-9(6-24)3-11(21)5-12/h1-5,28H,7-8H2,(H,25,29)(H,26,27). The topological polar surface area (TPSA) is 111 Å². The van der Waals surface area contributed by atoms with Crippen molar-refractivity contribution in [1.29, 1.82) is 5.26 Å². The lowest BCUT2D eigenvalue weighted by Gasteiger charge is -2.13. The summed E-state index contributed by atoms with van der Waals surface area (Å²) in [5.41, 5.74) is 0.372. The predicted molar refractivity (Wildman–Crippen MR) is 111 cm³/mol. The van der Waals surface area contributed by atoms with Crippen LogP contribution in [0.5, 0.6) is 11.5 Å². The van der Waals surface area contributed by atoms with E-state index in [9.17, 15) is 9.18 Å². The average molecular weight is 514 g/mol. The highest BCUT2D eigenvalue weighted by atomic mass is 79.9. The number of carbonyl (C=O) groups is 1. The minimum atomic E-state index is -0.779. The van der Waals surface area contributed by atoms with E-state index in [0.717, 1.165) is 0 Å². The molecule has 30 heavy (non-hydrogen) atoms. The molecule has 0 saturated heterocycles. The van der Waals surface area contributed by atoms with E-state index >= 15 is 0 Å².